The molecular formula is C31H38B2F2N2O4. The first-order chi connectivity index (χ1) is 19.1. The minimum atomic E-state index is -0.517. The zero-order valence-electron chi connectivity index (χ0n) is 25.1. The van der Waals surface area contributed by atoms with E-state index in [2.05, 4.69) is 11.6 Å². The third-order valence-electron chi connectivity index (χ3n) is 8.87. The average Bonchev–Trinajstić information content (AvgIpc) is 3.57. The summed E-state index contributed by atoms with van der Waals surface area (Å²) < 4.78 is 53.9. The summed E-state index contributed by atoms with van der Waals surface area (Å²) in [7, 11) is -1.01. The zero-order chi connectivity index (χ0) is 30.0. The van der Waals surface area contributed by atoms with Crippen molar-refractivity contribution >= 4 is 47.2 Å². The van der Waals surface area contributed by atoms with Gasteiger partial charge in [0.2, 0.25) is 0 Å². The summed E-state index contributed by atoms with van der Waals surface area (Å²) >= 11 is 0. The Morgan fingerprint density at radius 1 is 0.756 bits per heavy atom. The Morgan fingerprint density at radius 3 is 1.80 bits per heavy atom. The van der Waals surface area contributed by atoms with Gasteiger partial charge in [0, 0.05) is 34.0 Å². The largest absolute Gasteiger partial charge is 0.512 e. The molecule has 0 spiro atoms. The van der Waals surface area contributed by atoms with Gasteiger partial charge >= 0.3 is 14.2 Å². The summed E-state index contributed by atoms with van der Waals surface area (Å²) in [5.41, 5.74) is 1.50. The summed E-state index contributed by atoms with van der Waals surface area (Å²) in [5.74, 6) is -0.477. The van der Waals surface area contributed by atoms with Crippen molar-refractivity contribution in [2.45, 2.75) is 84.3 Å². The standard InChI is InChI=1S/C17H21BFNO2.C14H17BFNO2/c1-6-10-20-14-9-7-8-13(19)12(14)11-15(20)18-21-16(2,3)17(4,5)22-18;1-13(2)14(3,4)19-15(18-13)12-8-9-10(16)6-5-7-11(9)17-12/h6-9,11H,1,10H2,2-5H3;5-8,17H,1-4H3. The fraction of sp³-hybridized carbons (Fsp3) is 0.419. The van der Waals surface area contributed by atoms with Crippen LogP contribution in [0.4, 0.5) is 8.78 Å². The Balaban J connectivity index is 0.000000166. The van der Waals surface area contributed by atoms with Gasteiger partial charge in [0.1, 0.15) is 11.6 Å². The van der Waals surface area contributed by atoms with Crippen LogP contribution in [-0.2, 0) is 25.2 Å². The predicted molar refractivity (Wildman–Crippen MR) is 162 cm³/mol. The molecule has 216 valence electrons. The lowest BCUT2D eigenvalue weighted by molar-refractivity contribution is 0.00578. The maximum atomic E-state index is 14.1. The topological polar surface area (TPSA) is 57.6 Å². The van der Waals surface area contributed by atoms with Crippen LogP contribution >= 0.6 is 0 Å². The van der Waals surface area contributed by atoms with Gasteiger partial charge < -0.3 is 28.2 Å². The van der Waals surface area contributed by atoms with E-state index in [1.807, 2.05) is 78.2 Å². The molecule has 1 N–H and O–H groups in total. The molecule has 6 nitrogen and oxygen atoms in total. The summed E-state index contributed by atoms with van der Waals surface area (Å²) in [6.07, 6.45) is 1.79. The molecule has 2 saturated heterocycles. The summed E-state index contributed by atoms with van der Waals surface area (Å²) in [6.45, 7) is 20.4. The highest BCUT2D eigenvalue weighted by molar-refractivity contribution is 6.62. The smallest absolute Gasteiger partial charge is 0.398 e. The van der Waals surface area contributed by atoms with Gasteiger partial charge in [-0.25, -0.2) is 8.78 Å². The van der Waals surface area contributed by atoms with E-state index in [0.29, 0.717) is 17.3 Å². The van der Waals surface area contributed by atoms with Gasteiger partial charge in [-0.2, -0.15) is 0 Å². The van der Waals surface area contributed by atoms with E-state index < -0.39 is 36.6 Å². The van der Waals surface area contributed by atoms with E-state index in [1.165, 1.54) is 12.1 Å². The van der Waals surface area contributed by atoms with Crippen LogP contribution in [-0.4, -0.2) is 46.2 Å². The fourth-order valence-corrected chi connectivity index (χ4v) is 5.00. The summed E-state index contributed by atoms with van der Waals surface area (Å²) in [5, 5.41) is 1.14. The molecular weight excluding hydrogens is 524 g/mol. The monoisotopic (exact) mass is 562 g/mol. The molecule has 0 amide bonds. The Kier molecular flexibility index (Phi) is 7.30. The summed E-state index contributed by atoms with van der Waals surface area (Å²) in [6, 6.07) is 13.6. The van der Waals surface area contributed by atoms with Crippen molar-refractivity contribution in [3.63, 3.8) is 0 Å². The SMILES string of the molecule is C=CCn1c(B2OC(C)(C)C(C)(C)O2)cc2c(F)cccc21.CC1(C)OB(c2cc3c(F)cccc3[nH]2)OC1(C)C. The van der Waals surface area contributed by atoms with Gasteiger partial charge in [0.15, 0.2) is 0 Å². The maximum absolute atomic E-state index is 14.1. The maximum Gasteiger partial charge on any atom is 0.512 e. The second-order valence-electron chi connectivity index (χ2n) is 12.7. The van der Waals surface area contributed by atoms with Crippen LogP contribution in [0.1, 0.15) is 55.4 Å². The van der Waals surface area contributed by atoms with Gasteiger partial charge in [-0.3, -0.25) is 0 Å². The minimum absolute atomic E-state index is 0.238. The molecule has 2 fully saturated rings. The van der Waals surface area contributed by atoms with Crippen molar-refractivity contribution in [1.82, 2.24) is 9.55 Å². The number of allylic oxidation sites excluding steroid dienone is 1. The molecule has 0 saturated carbocycles. The molecule has 2 aliphatic rings. The van der Waals surface area contributed by atoms with Crippen LogP contribution in [0.25, 0.3) is 21.8 Å². The Labute approximate surface area is 241 Å². The highest BCUT2D eigenvalue weighted by atomic mass is 19.1. The van der Waals surface area contributed by atoms with E-state index in [4.69, 9.17) is 18.6 Å². The van der Waals surface area contributed by atoms with Gasteiger partial charge in [-0.15, -0.1) is 6.58 Å². The molecule has 41 heavy (non-hydrogen) atoms. The van der Waals surface area contributed by atoms with Crippen LogP contribution < -0.4 is 11.2 Å². The Hall–Kier alpha value is -2.91. The van der Waals surface area contributed by atoms with Crippen molar-refractivity contribution in [2.24, 2.45) is 0 Å². The molecule has 10 heteroatoms. The molecule has 2 aliphatic heterocycles. The lowest BCUT2D eigenvalue weighted by Crippen LogP contribution is -2.41. The van der Waals surface area contributed by atoms with Gasteiger partial charge in [0.05, 0.1) is 27.9 Å². The minimum Gasteiger partial charge on any atom is -0.398 e. The van der Waals surface area contributed by atoms with E-state index >= 15 is 0 Å². The normalized spacial score (nSPS) is 20.4. The van der Waals surface area contributed by atoms with E-state index in [-0.39, 0.29) is 11.6 Å². The highest BCUT2D eigenvalue weighted by Crippen LogP contribution is 2.38. The van der Waals surface area contributed by atoms with E-state index in [0.717, 1.165) is 22.2 Å². The third-order valence-corrected chi connectivity index (χ3v) is 8.87. The van der Waals surface area contributed by atoms with Crippen LogP contribution in [0.2, 0.25) is 0 Å². The van der Waals surface area contributed by atoms with Gasteiger partial charge in [0.25, 0.3) is 0 Å². The lowest BCUT2D eigenvalue weighted by Gasteiger charge is -2.32. The van der Waals surface area contributed by atoms with Crippen molar-refractivity contribution in [3.05, 3.63) is 72.8 Å². The molecule has 2 aromatic heterocycles. The first-order valence-corrected chi connectivity index (χ1v) is 13.9. The number of hydrogen-bond donors (Lipinski definition) is 1. The number of hydrogen-bond acceptors (Lipinski definition) is 4. The van der Waals surface area contributed by atoms with E-state index in [9.17, 15) is 8.78 Å². The van der Waals surface area contributed by atoms with Crippen molar-refractivity contribution in [2.75, 3.05) is 0 Å². The molecule has 0 aliphatic carbocycles. The van der Waals surface area contributed by atoms with Crippen molar-refractivity contribution in [3.8, 4) is 0 Å². The number of fused-ring (bicyclic) bond motifs is 2. The Morgan fingerprint density at radius 2 is 1.27 bits per heavy atom. The van der Waals surface area contributed by atoms with Crippen LogP contribution in [0, 0.1) is 11.6 Å². The fourth-order valence-electron chi connectivity index (χ4n) is 5.00. The number of nitrogens with zero attached hydrogens (tertiary/aromatic N) is 1. The molecule has 0 radical (unpaired) electrons. The molecule has 0 bridgehead atoms. The van der Waals surface area contributed by atoms with Gasteiger partial charge in [-0.05, 0) is 91.8 Å². The Bertz CT molecular complexity index is 1580. The quantitative estimate of drug-likeness (QED) is 0.250. The first-order valence-electron chi connectivity index (χ1n) is 13.9. The van der Waals surface area contributed by atoms with Crippen molar-refractivity contribution in [1.29, 1.82) is 0 Å². The van der Waals surface area contributed by atoms with Crippen LogP contribution in [0.3, 0.4) is 0 Å². The highest BCUT2D eigenvalue weighted by Gasteiger charge is 2.53. The van der Waals surface area contributed by atoms with Crippen LogP contribution in [0.15, 0.2) is 61.2 Å². The number of aromatic amines is 1. The van der Waals surface area contributed by atoms with Crippen LogP contribution in [0.5, 0.6) is 0 Å². The third kappa shape index (κ3) is 5.16. The van der Waals surface area contributed by atoms with E-state index in [1.54, 1.807) is 24.3 Å². The molecule has 4 heterocycles. The molecule has 4 aromatic rings. The first kappa shape index (κ1) is 29.6. The molecule has 2 aromatic carbocycles. The zero-order valence-corrected chi connectivity index (χ0v) is 25.1. The van der Waals surface area contributed by atoms with Gasteiger partial charge in [-0.1, -0.05) is 18.2 Å². The predicted octanol–water partition coefficient (Wildman–Crippen LogP) is 5.87. The van der Waals surface area contributed by atoms with Crippen molar-refractivity contribution < 1.29 is 27.4 Å². The second kappa shape index (κ2) is 10.1. The molecule has 0 atom stereocenters. The second-order valence-corrected chi connectivity index (χ2v) is 12.7. The number of nitrogens with one attached hydrogen (secondary N) is 1. The summed E-state index contributed by atoms with van der Waals surface area (Å²) in [4.78, 5) is 3.16. The number of benzene rings is 2. The number of halogens is 2. The molecule has 0 unspecified atom stereocenters. The number of rotatable bonds is 4. The lowest BCUT2D eigenvalue weighted by atomic mass is 9.84. The number of aromatic nitrogens is 2. The average molecular weight is 562 g/mol. The number of H-pyrrole nitrogens is 1. The molecule has 6 rings (SSSR count).